The maximum Gasteiger partial charge on any atom is 0.173 e. The summed E-state index contributed by atoms with van der Waals surface area (Å²) in [6.07, 6.45) is -4.48. The van der Waals surface area contributed by atoms with Crippen molar-refractivity contribution in [2.45, 2.75) is 37.6 Å². The molecule has 6 heteroatoms. The van der Waals surface area contributed by atoms with E-state index in [0.29, 0.717) is 6.54 Å². The summed E-state index contributed by atoms with van der Waals surface area (Å²) in [4.78, 5) is 0. The van der Waals surface area contributed by atoms with Crippen molar-refractivity contribution in [3.63, 3.8) is 0 Å². The van der Waals surface area contributed by atoms with Crippen molar-refractivity contribution in [1.29, 1.82) is 0 Å². The molecule has 1 rings (SSSR count). The molecule has 0 amide bonds. The molecular formula is C8H17NO5. The zero-order chi connectivity index (χ0) is 10.7. The van der Waals surface area contributed by atoms with Crippen molar-refractivity contribution < 1.29 is 25.2 Å². The molecular weight excluding hydrogens is 190 g/mol. The summed E-state index contributed by atoms with van der Waals surface area (Å²) >= 11 is 0. The number of likely N-dealkylation sites (N-methyl/N-ethyl adjacent to an activating group) is 1. The van der Waals surface area contributed by atoms with Crippen LogP contribution in [-0.4, -0.2) is 64.2 Å². The highest BCUT2D eigenvalue weighted by atomic mass is 16.6. The molecule has 1 heterocycles. The van der Waals surface area contributed by atoms with Gasteiger partial charge in [0, 0.05) is 0 Å². The maximum atomic E-state index is 9.58. The second-order valence-corrected chi connectivity index (χ2v) is 3.31. The number of ether oxygens (including phenoxy) is 1. The summed E-state index contributed by atoms with van der Waals surface area (Å²) in [5.74, 6) is 0. The van der Waals surface area contributed by atoms with Crippen LogP contribution in [0.4, 0.5) is 0 Å². The Morgan fingerprint density at radius 3 is 2.36 bits per heavy atom. The van der Waals surface area contributed by atoms with Crippen LogP contribution in [0.5, 0.6) is 0 Å². The summed E-state index contributed by atoms with van der Waals surface area (Å²) in [6, 6.07) is -0.724. The molecule has 0 aromatic carbocycles. The van der Waals surface area contributed by atoms with E-state index in [4.69, 9.17) is 9.84 Å². The van der Waals surface area contributed by atoms with E-state index in [0.717, 1.165) is 0 Å². The third-order valence-electron chi connectivity index (χ3n) is 2.34. The van der Waals surface area contributed by atoms with Crippen LogP contribution in [0.1, 0.15) is 6.92 Å². The molecule has 0 bridgehead atoms. The maximum absolute atomic E-state index is 9.58. The Balaban J connectivity index is 2.63. The first-order valence-corrected chi connectivity index (χ1v) is 4.65. The Kier molecular flexibility index (Phi) is 4.24. The fourth-order valence-electron chi connectivity index (χ4n) is 1.55. The van der Waals surface area contributed by atoms with Crippen LogP contribution in [-0.2, 0) is 4.74 Å². The number of hydrogen-bond donors (Lipinski definition) is 5. The monoisotopic (exact) mass is 207 g/mol. The average Bonchev–Trinajstić information content (AvgIpc) is 2.18. The van der Waals surface area contributed by atoms with E-state index >= 15 is 0 Å². The lowest BCUT2D eigenvalue weighted by atomic mass is 9.97. The molecule has 0 radical (unpaired) electrons. The van der Waals surface area contributed by atoms with Gasteiger partial charge in [0.25, 0.3) is 0 Å². The Labute approximate surface area is 82.1 Å². The van der Waals surface area contributed by atoms with Crippen molar-refractivity contribution in [2.24, 2.45) is 0 Å². The minimum absolute atomic E-state index is 0.436. The highest BCUT2D eigenvalue weighted by molar-refractivity contribution is 4.92. The molecule has 0 aromatic rings. The van der Waals surface area contributed by atoms with Crippen LogP contribution in [0, 0.1) is 0 Å². The highest BCUT2D eigenvalue weighted by Gasteiger charge is 2.42. The lowest BCUT2D eigenvalue weighted by Crippen LogP contribution is -2.63. The first-order chi connectivity index (χ1) is 6.61. The largest absolute Gasteiger partial charge is 0.394 e. The summed E-state index contributed by atoms with van der Waals surface area (Å²) < 4.78 is 4.92. The van der Waals surface area contributed by atoms with Gasteiger partial charge >= 0.3 is 0 Å². The van der Waals surface area contributed by atoms with Crippen molar-refractivity contribution in [1.82, 2.24) is 5.32 Å². The SMILES string of the molecule is CCN[C@H]1C(O)OC(CO)[C@@H](O)C1O. The smallest absolute Gasteiger partial charge is 0.173 e. The molecule has 1 aliphatic rings. The zero-order valence-electron chi connectivity index (χ0n) is 8.00. The van der Waals surface area contributed by atoms with Crippen molar-refractivity contribution >= 4 is 0 Å². The third kappa shape index (κ3) is 2.22. The second kappa shape index (κ2) is 5.01. The minimum Gasteiger partial charge on any atom is -0.394 e. The fourth-order valence-corrected chi connectivity index (χ4v) is 1.55. The van der Waals surface area contributed by atoms with Crippen LogP contribution in [0.2, 0.25) is 0 Å². The average molecular weight is 207 g/mol. The second-order valence-electron chi connectivity index (χ2n) is 3.31. The topological polar surface area (TPSA) is 102 Å². The number of hydrogen-bond acceptors (Lipinski definition) is 6. The van der Waals surface area contributed by atoms with E-state index in [-0.39, 0.29) is 0 Å². The Morgan fingerprint density at radius 2 is 1.86 bits per heavy atom. The van der Waals surface area contributed by atoms with Gasteiger partial charge in [0.2, 0.25) is 0 Å². The summed E-state index contributed by atoms with van der Waals surface area (Å²) in [5.41, 5.74) is 0. The molecule has 6 nitrogen and oxygen atoms in total. The van der Waals surface area contributed by atoms with Gasteiger partial charge in [0.15, 0.2) is 6.29 Å². The van der Waals surface area contributed by atoms with Gasteiger partial charge in [-0.15, -0.1) is 0 Å². The molecule has 1 saturated heterocycles. The first kappa shape index (κ1) is 11.8. The lowest BCUT2D eigenvalue weighted by Gasteiger charge is -2.40. The predicted molar refractivity (Wildman–Crippen MR) is 47.4 cm³/mol. The van der Waals surface area contributed by atoms with Crippen molar-refractivity contribution in [3.8, 4) is 0 Å². The van der Waals surface area contributed by atoms with Crippen LogP contribution in [0.25, 0.3) is 0 Å². The summed E-state index contributed by atoms with van der Waals surface area (Å²) in [6.45, 7) is 1.91. The van der Waals surface area contributed by atoms with E-state index < -0.39 is 37.3 Å². The number of rotatable bonds is 3. The van der Waals surface area contributed by atoms with Crippen LogP contribution in [0.3, 0.4) is 0 Å². The van der Waals surface area contributed by atoms with Gasteiger partial charge in [-0.05, 0) is 6.54 Å². The van der Waals surface area contributed by atoms with Crippen molar-refractivity contribution in [2.75, 3.05) is 13.2 Å². The molecule has 84 valence electrons. The molecule has 5 N–H and O–H groups in total. The van der Waals surface area contributed by atoms with Crippen molar-refractivity contribution in [3.05, 3.63) is 0 Å². The third-order valence-corrected chi connectivity index (χ3v) is 2.34. The van der Waals surface area contributed by atoms with Gasteiger partial charge < -0.3 is 30.5 Å². The number of aliphatic hydroxyl groups is 4. The zero-order valence-corrected chi connectivity index (χ0v) is 8.00. The molecule has 3 unspecified atom stereocenters. The first-order valence-electron chi connectivity index (χ1n) is 4.65. The molecule has 0 aliphatic carbocycles. The highest BCUT2D eigenvalue weighted by Crippen LogP contribution is 2.19. The fraction of sp³-hybridized carbons (Fsp3) is 1.00. The molecule has 0 saturated carbocycles. The molecule has 0 aromatic heterocycles. The van der Waals surface area contributed by atoms with Crippen LogP contribution < -0.4 is 5.32 Å². The molecule has 1 fully saturated rings. The van der Waals surface area contributed by atoms with Gasteiger partial charge in [0.05, 0.1) is 12.6 Å². The Hall–Kier alpha value is -0.240. The van der Waals surface area contributed by atoms with Crippen LogP contribution in [0.15, 0.2) is 0 Å². The van der Waals surface area contributed by atoms with Gasteiger partial charge in [-0.25, -0.2) is 0 Å². The molecule has 5 atom stereocenters. The molecule has 1 aliphatic heterocycles. The number of nitrogens with one attached hydrogen (secondary N) is 1. The normalized spacial score (nSPS) is 43.9. The van der Waals surface area contributed by atoms with E-state index in [1.165, 1.54) is 0 Å². The van der Waals surface area contributed by atoms with Gasteiger partial charge in [-0.3, -0.25) is 0 Å². The Bertz CT molecular complexity index is 179. The van der Waals surface area contributed by atoms with Gasteiger partial charge in [0.1, 0.15) is 18.3 Å². The van der Waals surface area contributed by atoms with E-state index in [1.807, 2.05) is 6.92 Å². The standard InChI is InChI=1S/C8H17NO5/c1-2-9-5-7(12)6(11)4(3-10)14-8(5)13/h4-13H,2-3H2,1H3/t4?,5-,6-,7?,8?/m1/s1. The minimum atomic E-state index is -1.22. The Morgan fingerprint density at radius 1 is 1.21 bits per heavy atom. The summed E-state index contributed by atoms with van der Waals surface area (Å²) in [5, 5.41) is 40.0. The van der Waals surface area contributed by atoms with Gasteiger partial charge in [-0.1, -0.05) is 6.92 Å². The van der Waals surface area contributed by atoms with E-state index in [9.17, 15) is 15.3 Å². The van der Waals surface area contributed by atoms with Gasteiger partial charge in [-0.2, -0.15) is 0 Å². The summed E-state index contributed by atoms with van der Waals surface area (Å²) in [7, 11) is 0. The molecule has 14 heavy (non-hydrogen) atoms. The van der Waals surface area contributed by atoms with Crippen LogP contribution >= 0.6 is 0 Å². The van der Waals surface area contributed by atoms with E-state index in [2.05, 4.69) is 5.32 Å². The quantitative estimate of drug-likeness (QED) is 0.348. The lowest BCUT2D eigenvalue weighted by molar-refractivity contribution is -0.254. The molecule has 0 spiro atoms. The predicted octanol–water partition coefficient (Wildman–Crippen LogP) is -2.60. The van der Waals surface area contributed by atoms with E-state index in [1.54, 1.807) is 0 Å². The number of aliphatic hydroxyl groups excluding tert-OH is 4.